The van der Waals surface area contributed by atoms with Gasteiger partial charge in [0.1, 0.15) is 11.9 Å². The molecule has 0 spiro atoms. The van der Waals surface area contributed by atoms with E-state index in [1.807, 2.05) is 0 Å². The van der Waals surface area contributed by atoms with Crippen LogP contribution < -0.4 is 0 Å². The number of halogens is 1. The Morgan fingerprint density at radius 2 is 2.08 bits per heavy atom. The van der Waals surface area contributed by atoms with E-state index in [4.69, 9.17) is 16.3 Å². The first-order valence-corrected chi connectivity index (χ1v) is 9.24. The molecule has 1 aliphatic carbocycles. The summed E-state index contributed by atoms with van der Waals surface area (Å²) in [6, 6.07) is 5.81. The number of hydrogen-bond acceptors (Lipinski definition) is 5. The van der Waals surface area contributed by atoms with E-state index in [1.54, 1.807) is 12.1 Å². The summed E-state index contributed by atoms with van der Waals surface area (Å²) in [5.74, 6) is -0.711. The second-order valence-electron chi connectivity index (χ2n) is 7.00. The van der Waals surface area contributed by atoms with Crippen LogP contribution >= 0.6 is 11.6 Å². The zero-order valence-corrected chi connectivity index (χ0v) is 14.9. The van der Waals surface area contributed by atoms with Gasteiger partial charge in [-0.3, -0.25) is 9.59 Å². The van der Waals surface area contributed by atoms with Crippen LogP contribution in [0, 0.1) is 5.92 Å². The molecule has 6 nitrogen and oxygen atoms in total. The van der Waals surface area contributed by atoms with Crippen molar-refractivity contribution in [1.29, 1.82) is 0 Å². The molecule has 4 atom stereocenters. The zero-order chi connectivity index (χ0) is 18.4. The maximum absolute atomic E-state index is 13.3. The third-order valence-electron chi connectivity index (χ3n) is 5.41. The number of carbonyl (C=O) groups excluding carboxylic acids is 2. The van der Waals surface area contributed by atoms with E-state index in [2.05, 4.69) is 0 Å². The number of β-amino-alcohol motifs (C(OH)–C–C–N with tert-alkyl or cyclic N) is 1. The van der Waals surface area contributed by atoms with Crippen LogP contribution in [0.3, 0.4) is 0 Å². The summed E-state index contributed by atoms with van der Waals surface area (Å²) in [6.07, 6.45) is 1.61. The Morgan fingerprint density at radius 3 is 2.81 bits per heavy atom. The number of carbonyl (C=O) groups is 2. The van der Waals surface area contributed by atoms with Crippen molar-refractivity contribution in [1.82, 2.24) is 4.90 Å². The predicted molar refractivity (Wildman–Crippen MR) is 93.5 cm³/mol. The monoisotopic (exact) mass is 377 g/mol. The van der Waals surface area contributed by atoms with Crippen LogP contribution in [0.2, 0.25) is 0 Å². The molecule has 4 rings (SSSR count). The Hall–Kier alpha value is -2.05. The number of fused-ring (bicyclic) bond motifs is 1. The van der Waals surface area contributed by atoms with Gasteiger partial charge in [0.2, 0.25) is 0 Å². The number of rotatable bonds is 3. The highest BCUT2D eigenvalue weighted by molar-refractivity contribution is 6.21. The average Bonchev–Trinajstić information content (AvgIpc) is 2.89. The Bertz CT molecular complexity index is 792. The molecule has 2 heterocycles. The number of aliphatic hydroxyl groups is 1. The quantitative estimate of drug-likeness (QED) is 0.785. The molecule has 26 heavy (non-hydrogen) atoms. The van der Waals surface area contributed by atoms with Crippen LogP contribution in [-0.4, -0.2) is 51.4 Å². The lowest BCUT2D eigenvalue weighted by molar-refractivity contribution is -0.135. The van der Waals surface area contributed by atoms with Gasteiger partial charge in [-0.2, -0.15) is 0 Å². The molecule has 1 amide bonds. The zero-order valence-electron chi connectivity index (χ0n) is 14.1. The molecular weight excluding hydrogens is 358 g/mol. The molecule has 7 heteroatoms. The lowest BCUT2D eigenvalue weighted by atomic mass is 9.77. The first-order chi connectivity index (χ1) is 12.5. The third kappa shape index (κ3) is 2.68. The molecule has 1 aromatic carbocycles. The standard InChI is InChI=1S/C19H20ClNO5/c20-11-4-5-14-13(9-11)17(24)15-16(10-2-1-3-12(23)8-10)21(6-7-22)19(25)18(15)26-14/h1-3,8,11,13-14,16,22-23H,4-7,9H2. The molecule has 1 aromatic rings. The van der Waals surface area contributed by atoms with Crippen molar-refractivity contribution < 1.29 is 24.5 Å². The minimum atomic E-state index is -0.666. The molecule has 1 fully saturated rings. The molecule has 0 radical (unpaired) electrons. The molecule has 138 valence electrons. The minimum absolute atomic E-state index is 0.0495. The number of alkyl halides is 1. The number of phenols is 1. The molecule has 0 saturated heterocycles. The molecule has 3 aliphatic rings. The number of aromatic hydroxyl groups is 1. The number of nitrogens with zero attached hydrogens (tertiary/aromatic N) is 1. The van der Waals surface area contributed by atoms with E-state index in [0.717, 1.165) is 6.42 Å². The number of ether oxygens (including phenoxy) is 1. The summed E-state index contributed by atoms with van der Waals surface area (Å²) in [7, 11) is 0. The SMILES string of the molecule is O=C1C2=C(OC3CCC(Cl)CC13)C(=O)N(CCO)C2c1cccc(O)c1. The third-order valence-corrected chi connectivity index (χ3v) is 5.80. The fourth-order valence-corrected chi connectivity index (χ4v) is 4.56. The van der Waals surface area contributed by atoms with Gasteiger partial charge in [0.05, 0.1) is 24.1 Å². The summed E-state index contributed by atoms with van der Waals surface area (Å²) >= 11 is 6.26. The van der Waals surface area contributed by atoms with Gasteiger partial charge < -0.3 is 19.8 Å². The lowest BCUT2D eigenvalue weighted by Gasteiger charge is -2.37. The van der Waals surface area contributed by atoms with Crippen LogP contribution in [0.5, 0.6) is 5.75 Å². The van der Waals surface area contributed by atoms with Crippen LogP contribution in [0.4, 0.5) is 0 Å². The normalized spacial score (nSPS) is 30.9. The number of phenolic OH excluding ortho intramolecular Hbond substituents is 1. The first kappa shape index (κ1) is 17.4. The topological polar surface area (TPSA) is 87.1 Å². The Kier molecular flexibility index (Phi) is 4.40. The van der Waals surface area contributed by atoms with Crippen molar-refractivity contribution in [2.45, 2.75) is 36.8 Å². The summed E-state index contributed by atoms with van der Waals surface area (Å²) < 4.78 is 5.97. The Balaban J connectivity index is 1.79. The number of benzene rings is 1. The highest BCUT2D eigenvalue weighted by Crippen LogP contribution is 2.47. The first-order valence-electron chi connectivity index (χ1n) is 8.81. The van der Waals surface area contributed by atoms with Crippen LogP contribution in [-0.2, 0) is 14.3 Å². The van der Waals surface area contributed by atoms with Crippen LogP contribution in [0.25, 0.3) is 0 Å². The van der Waals surface area contributed by atoms with Gasteiger partial charge in [-0.25, -0.2) is 0 Å². The Labute approximate surface area is 156 Å². The van der Waals surface area contributed by atoms with E-state index in [9.17, 15) is 19.8 Å². The van der Waals surface area contributed by atoms with Crippen LogP contribution in [0.15, 0.2) is 35.6 Å². The highest BCUT2D eigenvalue weighted by atomic mass is 35.5. The van der Waals surface area contributed by atoms with Crippen molar-refractivity contribution in [3.8, 4) is 5.75 Å². The van der Waals surface area contributed by atoms with E-state index in [1.165, 1.54) is 17.0 Å². The molecule has 1 saturated carbocycles. The van der Waals surface area contributed by atoms with Gasteiger partial charge in [0.15, 0.2) is 11.5 Å². The highest BCUT2D eigenvalue weighted by Gasteiger charge is 2.52. The summed E-state index contributed by atoms with van der Waals surface area (Å²) in [6.45, 7) is -0.150. The van der Waals surface area contributed by atoms with Gasteiger partial charge in [-0.1, -0.05) is 12.1 Å². The van der Waals surface area contributed by atoms with Gasteiger partial charge in [-0.15, -0.1) is 11.6 Å². The fraction of sp³-hybridized carbons (Fsp3) is 0.474. The smallest absolute Gasteiger partial charge is 0.290 e. The minimum Gasteiger partial charge on any atom is -0.508 e. The summed E-state index contributed by atoms with van der Waals surface area (Å²) in [5, 5.41) is 19.2. The van der Waals surface area contributed by atoms with Crippen molar-refractivity contribution in [2.24, 2.45) is 5.92 Å². The lowest BCUT2D eigenvalue weighted by Crippen LogP contribution is -2.41. The summed E-state index contributed by atoms with van der Waals surface area (Å²) in [4.78, 5) is 27.6. The largest absolute Gasteiger partial charge is 0.508 e. The predicted octanol–water partition coefficient (Wildman–Crippen LogP) is 1.90. The van der Waals surface area contributed by atoms with E-state index >= 15 is 0 Å². The number of Topliss-reactive ketones (excluding diaryl/α,β-unsaturated/α-hetero) is 1. The number of ketones is 1. The molecule has 2 aliphatic heterocycles. The van der Waals surface area contributed by atoms with E-state index in [-0.39, 0.29) is 53.7 Å². The second kappa shape index (κ2) is 6.59. The average molecular weight is 378 g/mol. The summed E-state index contributed by atoms with van der Waals surface area (Å²) in [5.41, 5.74) is 0.937. The molecular formula is C19H20ClNO5. The number of aliphatic hydroxyl groups excluding tert-OH is 1. The fourth-order valence-electron chi connectivity index (χ4n) is 4.24. The Morgan fingerprint density at radius 1 is 1.27 bits per heavy atom. The molecule has 4 unspecified atom stereocenters. The van der Waals surface area contributed by atoms with E-state index in [0.29, 0.717) is 24.0 Å². The maximum Gasteiger partial charge on any atom is 0.290 e. The molecule has 0 bridgehead atoms. The molecule has 0 aromatic heterocycles. The van der Waals surface area contributed by atoms with Gasteiger partial charge in [-0.05, 0) is 37.0 Å². The van der Waals surface area contributed by atoms with E-state index < -0.39 is 6.04 Å². The maximum atomic E-state index is 13.3. The van der Waals surface area contributed by atoms with Crippen LogP contribution in [0.1, 0.15) is 30.9 Å². The second-order valence-corrected chi connectivity index (χ2v) is 7.62. The molecule has 2 N–H and O–H groups in total. The number of amides is 1. The van der Waals surface area contributed by atoms with Gasteiger partial charge in [0, 0.05) is 11.9 Å². The van der Waals surface area contributed by atoms with Crippen molar-refractivity contribution in [3.05, 3.63) is 41.2 Å². The van der Waals surface area contributed by atoms with Crippen molar-refractivity contribution >= 4 is 23.3 Å². The van der Waals surface area contributed by atoms with Crippen molar-refractivity contribution in [3.63, 3.8) is 0 Å². The van der Waals surface area contributed by atoms with Crippen molar-refractivity contribution in [2.75, 3.05) is 13.2 Å². The number of hydrogen-bond donors (Lipinski definition) is 2. The van der Waals surface area contributed by atoms with Gasteiger partial charge in [0.25, 0.3) is 5.91 Å². The van der Waals surface area contributed by atoms with Gasteiger partial charge >= 0.3 is 0 Å².